The first-order valence-corrected chi connectivity index (χ1v) is 8.27. The van der Waals surface area contributed by atoms with Crippen molar-refractivity contribution in [3.8, 4) is 0 Å². The van der Waals surface area contributed by atoms with E-state index >= 15 is 0 Å². The Labute approximate surface area is 113 Å². The molecule has 1 aliphatic heterocycles. The van der Waals surface area contributed by atoms with Gasteiger partial charge in [-0.2, -0.15) is 0 Å². The molecule has 1 heterocycles. The molecular weight excluding hydrogens is 220 g/mol. The molecule has 0 radical (unpaired) electrons. The van der Waals surface area contributed by atoms with Crippen LogP contribution in [0.1, 0.15) is 64.7 Å². The Balaban J connectivity index is 1.63. The van der Waals surface area contributed by atoms with E-state index in [9.17, 15) is 0 Å². The van der Waals surface area contributed by atoms with Crippen molar-refractivity contribution >= 4 is 0 Å². The summed E-state index contributed by atoms with van der Waals surface area (Å²) in [5, 5.41) is 3.89. The average Bonchev–Trinajstić information content (AvgIpc) is 2.72. The molecule has 18 heavy (non-hydrogen) atoms. The van der Waals surface area contributed by atoms with Gasteiger partial charge in [-0.3, -0.25) is 4.90 Å². The van der Waals surface area contributed by atoms with Crippen molar-refractivity contribution in [2.75, 3.05) is 19.6 Å². The Kier molecular flexibility index (Phi) is 3.95. The van der Waals surface area contributed by atoms with Crippen molar-refractivity contribution in [3.63, 3.8) is 0 Å². The first-order chi connectivity index (χ1) is 8.77. The van der Waals surface area contributed by atoms with Gasteiger partial charge >= 0.3 is 0 Å². The van der Waals surface area contributed by atoms with Gasteiger partial charge in [0.25, 0.3) is 0 Å². The Morgan fingerprint density at radius 1 is 1.00 bits per heavy atom. The van der Waals surface area contributed by atoms with E-state index in [0.29, 0.717) is 5.54 Å². The molecule has 2 nitrogen and oxygen atoms in total. The highest BCUT2D eigenvalue weighted by Gasteiger charge is 2.38. The summed E-state index contributed by atoms with van der Waals surface area (Å²) >= 11 is 0. The van der Waals surface area contributed by atoms with Crippen LogP contribution in [0.2, 0.25) is 0 Å². The van der Waals surface area contributed by atoms with Crippen LogP contribution >= 0.6 is 0 Å². The van der Waals surface area contributed by atoms with Crippen molar-refractivity contribution in [3.05, 3.63) is 0 Å². The zero-order valence-electron chi connectivity index (χ0n) is 12.1. The molecule has 0 amide bonds. The molecule has 2 heteroatoms. The second-order valence-corrected chi connectivity index (χ2v) is 7.15. The SMILES string of the molecule is CC1CCC(N2CCCNC3(CCCC3)C2)CC1. The van der Waals surface area contributed by atoms with Crippen LogP contribution in [0.5, 0.6) is 0 Å². The normalized spacial score (nSPS) is 37.8. The number of nitrogens with one attached hydrogen (secondary N) is 1. The molecule has 2 saturated carbocycles. The van der Waals surface area contributed by atoms with E-state index < -0.39 is 0 Å². The first kappa shape index (κ1) is 12.9. The van der Waals surface area contributed by atoms with Gasteiger partial charge in [0, 0.05) is 18.1 Å². The lowest BCUT2D eigenvalue weighted by Crippen LogP contribution is -2.52. The highest BCUT2D eigenvalue weighted by atomic mass is 15.2. The molecule has 104 valence electrons. The van der Waals surface area contributed by atoms with E-state index in [4.69, 9.17) is 0 Å². The fraction of sp³-hybridized carbons (Fsp3) is 1.00. The molecule has 3 rings (SSSR count). The summed E-state index contributed by atoms with van der Waals surface area (Å²) in [7, 11) is 0. The molecule has 3 aliphatic rings. The molecule has 0 aromatic heterocycles. The van der Waals surface area contributed by atoms with Gasteiger partial charge in [-0.15, -0.1) is 0 Å². The molecule has 0 aromatic rings. The van der Waals surface area contributed by atoms with Crippen LogP contribution in [-0.4, -0.2) is 36.1 Å². The van der Waals surface area contributed by atoms with E-state index in [0.717, 1.165) is 12.0 Å². The van der Waals surface area contributed by atoms with Crippen LogP contribution in [-0.2, 0) is 0 Å². The van der Waals surface area contributed by atoms with Crippen LogP contribution in [0.15, 0.2) is 0 Å². The number of hydrogen-bond donors (Lipinski definition) is 1. The molecule has 0 bridgehead atoms. The van der Waals surface area contributed by atoms with Gasteiger partial charge in [0.05, 0.1) is 0 Å². The minimum Gasteiger partial charge on any atom is -0.310 e. The van der Waals surface area contributed by atoms with E-state index in [1.54, 1.807) is 0 Å². The number of nitrogens with zero attached hydrogens (tertiary/aromatic N) is 1. The minimum absolute atomic E-state index is 0.500. The van der Waals surface area contributed by atoms with E-state index in [2.05, 4.69) is 17.1 Å². The molecule has 2 aliphatic carbocycles. The maximum absolute atomic E-state index is 3.89. The van der Waals surface area contributed by atoms with Gasteiger partial charge in [0.1, 0.15) is 0 Å². The van der Waals surface area contributed by atoms with Gasteiger partial charge in [-0.25, -0.2) is 0 Å². The van der Waals surface area contributed by atoms with Crippen molar-refractivity contribution in [1.82, 2.24) is 10.2 Å². The summed E-state index contributed by atoms with van der Waals surface area (Å²) in [6.07, 6.45) is 12.9. The summed E-state index contributed by atoms with van der Waals surface area (Å²) in [6, 6.07) is 0.901. The molecule has 1 N–H and O–H groups in total. The third-order valence-electron chi connectivity index (χ3n) is 5.69. The summed E-state index contributed by atoms with van der Waals surface area (Å²) < 4.78 is 0. The second-order valence-electron chi connectivity index (χ2n) is 7.15. The predicted octanol–water partition coefficient (Wildman–Crippen LogP) is 3.17. The summed E-state index contributed by atoms with van der Waals surface area (Å²) in [5.74, 6) is 0.979. The third-order valence-corrected chi connectivity index (χ3v) is 5.69. The topological polar surface area (TPSA) is 15.3 Å². The molecule has 0 atom stereocenters. The Morgan fingerprint density at radius 3 is 2.44 bits per heavy atom. The standard InChI is InChI=1S/C16H30N2/c1-14-5-7-15(8-6-14)18-12-4-11-17-16(13-18)9-2-3-10-16/h14-15,17H,2-13H2,1H3. The van der Waals surface area contributed by atoms with Gasteiger partial charge in [0.15, 0.2) is 0 Å². The van der Waals surface area contributed by atoms with Gasteiger partial charge < -0.3 is 5.32 Å². The van der Waals surface area contributed by atoms with Gasteiger partial charge in [-0.05, 0) is 64.0 Å². The van der Waals surface area contributed by atoms with Crippen LogP contribution in [0.4, 0.5) is 0 Å². The maximum atomic E-state index is 3.89. The van der Waals surface area contributed by atoms with E-state index in [1.165, 1.54) is 77.4 Å². The minimum atomic E-state index is 0.500. The molecule has 1 spiro atoms. The summed E-state index contributed by atoms with van der Waals surface area (Å²) in [4.78, 5) is 2.86. The molecule has 3 fully saturated rings. The van der Waals surface area contributed by atoms with E-state index in [-0.39, 0.29) is 0 Å². The number of rotatable bonds is 1. The predicted molar refractivity (Wildman–Crippen MR) is 76.8 cm³/mol. The monoisotopic (exact) mass is 250 g/mol. The molecule has 1 saturated heterocycles. The Morgan fingerprint density at radius 2 is 1.72 bits per heavy atom. The molecule has 0 unspecified atom stereocenters. The lowest BCUT2D eigenvalue weighted by atomic mass is 9.85. The fourth-order valence-electron chi connectivity index (χ4n) is 4.47. The molecule has 0 aromatic carbocycles. The Hall–Kier alpha value is -0.0800. The van der Waals surface area contributed by atoms with Gasteiger partial charge in [-0.1, -0.05) is 19.8 Å². The van der Waals surface area contributed by atoms with Gasteiger partial charge in [0.2, 0.25) is 0 Å². The highest BCUT2D eigenvalue weighted by Crippen LogP contribution is 2.34. The van der Waals surface area contributed by atoms with Crippen LogP contribution in [0, 0.1) is 5.92 Å². The smallest absolute Gasteiger partial charge is 0.0308 e. The molecular formula is C16H30N2. The van der Waals surface area contributed by atoms with E-state index in [1.807, 2.05) is 0 Å². The van der Waals surface area contributed by atoms with Crippen LogP contribution in [0.3, 0.4) is 0 Å². The number of hydrogen-bond acceptors (Lipinski definition) is 2. The third kappa shape index (κ3) is 2.75. The van der Waals surface area contributed by atoms with Crippen molar-refractivity contribution in [2.45, 2.75) is 76.3 Å². The zero-order chi connectivity index (χ0) is 12.4. The quantitative estimate of drug-likeness (QED) is 0.769. The fourth-order valence-corrected chi connectivity index (χ4v) is 4.47. The highest BCUT2D eigenvalue weighted by molar-refractivity contribution is 4.98. The summed E-state index contributed by atoms with van der Waals surface area (Å²) in [5.41, 5.74) is 0.500. The lowest BCUT2D eigenvalue weighted by Gasteiger charge is -2.40. The van der Waals surface area contributed by atoms with Crippen molar-refractivity contribution in [1.29, 1.82) is 0 Å². The Bertz CT molecular complexity index is 262. The average molecular weight is 250 g/mol. The first-order valence-electron chi connectivity index (χ1n) is 8.27. The maximum Gasteiger partial charge on any atom is 0.0308 e. The summed E-state index contributed by atoms with van der Waals surface area (Å²) in [6.45, 7) is 6.36. The largest absolute Gasteiger partial charge is 0.310 e. The lowest BCUT2D eigenvalue weighted by molar-refractivity contribution is 0.115. The van der Waals surface area contributed by atoms with Crippen LogP contribution in [0.25, 0.3) is 0 Å². The van der Waals surface area contributed by atoms with Crippen LogP contribution < -0.4 is 5.32 Å². The van der Waals surface area contributed by atoms with Crippen molar-refractivity contribution in [2.24, 2.45) is 5.92 Å². The second kappa shape index (κ2) is 5.50. The zero-order valence-corrected chi connectivity index (χ0v) is 12.1. The van der Waals surface area contributed by atoms with Crippen molar-refractivity contribution < 1.29 is 0 Å².